The van der Waals surface area contributed by atoms with E-state index in [-0.39, 0.29) is 5.82 Å². The SMILES string of the molecule is CCCOc1cc(Oc2ccc(F)cc2Br)ccc1N. The molecular formula is C15H15BrFNO2. The van der Waals surface area contributed by atoms with Crippen LogP contribution in [0.1, 0.15) is 13.3 Å². The summed E-state index contributed by atoms with van der Waals surface area (Å²) in [6, 6.07) is 9.43. The Morgan fingerprint density at radius 3 is 2.65 bits per heavy atom. The van der Waals surface area contributed by atoms with Crippen molar-refractivity contribution >= 4 is 21.6 Å². The van der Waals surface area contributed by atoms with Crippen LogP contribution in [0.3, 0.4) is 0 Å². The van der Waals surface area contributed by atoms with E-state index in [0.29, 0.717) is 34.0 Å². The maximum atomic E-state index is 13.0. The van der Waals surface area contributed by atoms with Gasteiger partial charge in [-0.05, 0) is 52.7 Å². The molecule has 0 aliphatic carbocycles. The number of halogens is 2. The summed E-state index contributed by atoms with van der Waals surface area (Å²) in [7, 11) is 0. The molecule has 2 rings (SSSR count). The highest BCUT2D eigenvalue weighted by atomic mass is 79.9. The van der Waals surface area contributed by atoms with E-state index in [9.17, 15) is 4.39 Å². The first-order chi connectivity index (χ1) is 9.60. The Morgan fingerprint density at radius 2 is 1.95 bits per heavy atom. The largest absolute Gasteiger partial charge is 0.491 e. The average molecular weight is 340 g/mol. The molecule has 0 unspecified atom stereocenters. The maximum absolute atomic E-state index is 13.0. The van der Waals surface area contributed by atoms with Crippen LogP contribution in [0.2, 0.25) is 0 Å². The molecule has 0 heterocycles. The number of benzene rings is 2. The smallest absolute Gasteiger partial charge is 0.145 e. The van der Waals surface area contributed by atoms with Crippen molar-refractivity contribution in [3.63, 3.8) is 0 Å². The van der Waals surface area contributed by atoms with Crippen molar-refractivity contribution in [3.8, 4) is 17.2 Å². The van der Waals surface area contributed by atoms with Crippen LogP contribution in [0.15, 0.2) is 40.9 Å². The molecule has 2 N–H and O–H groups in total. The van der Waals surface area contributed by atoms with E-state index in [4.69, 9.17) is 15.2 Å². The Kier molecular flexibility index (Phi) is 4.84. The molecule has 20 heavy (non-hydrogen) atoms. The molecule has 0 aliphatic rings. The van der Waals surface area contributed by atoms with E-state index in [1.807, 2.05) is 6.92 Å². The number of hydrogen-bond acceptors (Lipinski definition) is 3. The highest BCUT2D eigenvalue weighted by molar-refractivity contribution is 9.10. The minimum absolute atomic E-state index is 0.325. The number of rotatable bonds is 5. The second-order valence-electron chi connectivity index (χ2n) is 4.22. The van der Waals surface area contributed by atoms with Crippen molar-refractivity contribution in [3.05, 3.63) is 46.7 Å². The predicted molar refractivity (Wildman–Crippen MR) is 80.8 cm³/mol. The lowest BCUT2D eigenvalue weighted by molar-refractivity contribution is 0.317. The third-order valence-electron chi connectivity index (χ3n) is 2.57. The van der Waals surface area contributed by atoms with Crippen LogP contribution in [0.5, 0.6) is 17.2 Å². The lowest BCUT2D eigenvalue weighted by Gasteiger charge is -2.12. The third kappa shape index (κ3) is 3.63. The molecule has 2 aromatic rings. The van der Waals surface area contributed by atoms with Gasteiger partial charge in [-0.3, -0.25) is 0 Å². The van der Waals surface area contributed by atoms with Gasteiger partial charge in [0.05, 0.1) is 16.8 Å². The molecular weight excluding hydrogens is 325 g/mol. The Balaban J connectivity index is 2.20. The van der Waals surface area contributed by atoms with Crippen molar-refractivity contribution < 1.29 is 13.9 Å². The van der Waals surface area contributed by atoms with Crippen LogP contribution in [0.4, 0.5) is 10.1 Å². The summed E-state index contributed by atoms with van der Waals surface area (Å²) in [6.07, 6.45) is 0.897. The highest BCUT2D eigenvalue weighted by Crippen LogP contribution is 2.33. The van der Waals surface area contributed by atoms with E-state index < -0.39 is 0 Å². The molecule has 0 saturated carbocycles. The van der Waals surface area contributed by atoms with Gasteiger partial charge in [0.25, 0.3) is 0 Å². The number of nitrogens with two attached hydrogens (primary N) is 1. The van der Waals surface area contributed by atoms with Crippen molar-refractivity contribution in [2.45, 2.75) is 13.3 Å². The van der Waals surface area contributed by atoms with E-state index >= 15 is 0 Å². The van der Waals surface area contributed by atoms with Crippen molar-refractivity contribution in [2.75, 3.05) is 12.3 Å². The quantitative estimate of drug-likeness (QED) is 0.799. The molecule has 0 saturated heterocycles. The van der Waals surface area contributed by atoms with Gasteiger partial charge < -0.3 is 15.2 Å². The van der Waals surface area contributed by atoms with Crippen LogP contribution in [0.25, 0.3) is 0 Å². The Morgan fingerprint density at radius 1 is 1.15 bits per heavy atom. The van der Waals surface area contributed by atoms with Gasteiger partial charge in [0.15, 0.2) is 0 Å². The first kappa shape index (κ1) is 14.7. The summed E-state index contributed by atoms with van der Waals surface area (Å²) in [5, 5.41) is 0. The summed E-state index contributed by atoms with van der Waals surface area (Å²) in [5.74, 6) is 1.37. The zero-order valence-corrected chi connectivity index (χ0v) is 12.6. The molecule has 0 fully saturated rings. The number of hydrogen-bond donors (Lipinski definition) is 1. The van der Waals surface area contributed by atoms with E-state index in [0.717, 1.165) is 6.42 Å². The van der Waals surface area contributed by atoms with Gasteiger partial charge in [-0.2, -0.15) is 0 Å². The van der Waals surface area contributed by atoms with Gasteiger partial charge >= 0.3 is 0 Å². The van der Waals surface area contributed by atoms with Crippen LogP contribution in [0, 0.1) is 5.82 Å². The number of ether oxygens (including phenoxy) is 2. The molecule has 5 heteroatoms. The molecule has 3 nitrogen and oxygen atoms in total. The minimum Gasteiger partial charge on any atom is -0.491 e. The Bertz CT molecular complexity index is 604. The summed E-state index contributed by atoms with van der Waals surface area (Å²) in [5.41, 5.74) is 6.39. The lowest BCUT2D eigenvalue weighted by atomic mass is 10.2. The van der Waals surface area contributed by atoms with Gasteiger partial charge in [-0.15, -0.1) is 0 Å². The average Bonchev–Trinajstić information content (AvgIpc) is 2.42. The molecule has 0 aliphatic heterocycles. The second-order valence-corrected chi connectivity index (χ2v) is 5.08. The zero-order valence-electron chi connectivity index (χ0n) is 11.0. The standard InChI is InChI=1S/C15H15BrFNO2/c1-2-7-19-15-9-11(4-5-13(15)18)20-14-6-3-10(17)8-12(14)16/h3-6,8-9H,2,7,18H2,1H3. The molecule has 0 bridgehead atoms. The maximum Gasteiger partial charge on any atom is 0.145 e. The summed E-state index contributed by atoms with van der Waals surface area (Å²) in [6.45, 7) is 2.61. The molecule has 2 aromatic carbocycles. The van der Waals surface area contributed by atoms with Crippen LogP contribution < -0.4 is 15.2 Å². The molecule has 106 valence electrons. The van der Waals surface area contributed by atoms with Crippen molar-refractivity contribution in [1.29, 1.82) is 0 Å². The molecule has 0 radical (unpaired) electrons. The first-order valence-electron chi connectivity index (χ1n) is 6.25. The minimum atomic E-state index is -0.325. The topological polar surface area (TPSA) is 44.5 Å². The zero-order chi connectivity index (χ0) is 14.5. The van der Waals surface area contributed by atoms with Crippen LogP contribution in [-0.4, -0.2) is 6.61 Å². The summed E-state index contributed by atoms with van der Waals surface area (Å²) >= 11 is 3.26. The fourth-order valence-corrected chi connectivity index (χ4v) is 2.03. The van der Waals surface area contributed by atoms with Crippen molar-refractivity contribution in [1.82, 2.24) is 0 Å². The highest BCUT2D eigenvalue weighted by Gasteiger charge is 2.07. The lowest BCUT2D eigenvalue weighted by Crippen LogP contribution is -1.99. The molecule has 0 aromatic heterocycles. The first-order valence-corrected chi connectivity index (χ1v) is 7.04. The molecule has 0 spiro atoms. The summed E-state index contributed by atoms with van der Waals surface area (Å²) < 4.78 is 24.8. The monoisotopic (exact) mass is 339 g/mol. The Hall–Kier alpha value is -1.75. The Labute approximate surface area is 125 Å². The van der Waals surface area contributed by atoms with Gasteiger partial charge in [0.2, 0.25) is 0 Å². The summed E-state index contributed by atoms with van der Waals surface area (Å²) in [4.78, 5) is 0. The normalized spacial score (nSPS) is 10.3. The predicted octanol–water partition coefficient (Wildman–Crippen LogP) is 4.75. The van der Waals surface area contributed by atoms with Gasteiger partial charge in [-0.1, -0.05) is 6.92 Å². The van der Waals surface area contributed by atoms with Crippen molar-refractivity contribution in [2.24, 2.45) is 0 Å². The van der Waals surface area contributed by atoms with E-state index in [1.54, 1.807) is 24.3 Å². The third-order valence-corrected chi connectivity index (χ3v) is 3.19. The second kappa shape index (κ2) is 6.61. The van der Waals surface area contributed by atoms with Gasteiger partial charge in [0, 0.05) is 6.07 Å². The van der Waals surface area contributed by atoms with Crippen LogP contribution >= 0.6 is 15.9 Å². The number of anilines is 1. The van der Waals surface area contributed by atoms with E-state index in [1.165, 1.54) is 12.1 Å². The van der Waals surface area contributed by atoms with Gasteiger partial charge in [0.1, 0.15) is 23.1 Å². The van der Waals surface area contributed by atoms with E-state index in [2.05, 4.69) is 15.9 Å². The number of nitrogen functional groups attached to an aromatic ring is 1. The van der Waals surface area contributed by atoms with Crippen LogP contribution in [-0.2, 0) is 0 Å². The fraction of sp³-hybridized carbons (Fsp3) is 0.200. The molecule has 0 atom stereocenters. The fourth-order valence-electron chi connectivity index (χ4n) is 1.60. The van der Waals surface area contributed by atoms with Gasteiger partial charge in [-0.25, -0.2) is 4.39 Å². The molecule has 0 amide bonds.